The molecule has 1 aliphatic rings. The zero-order valence-electron chi connectivity index (χ0n) is 6.60. The number of fused-ring (bicyclic) bond motifs is 1. The smallest absolute Gasteiger partial charge is 0.0833 e. The third-order valence-electron chi connectivity index (χ3n) is 2.07. The van der Waals surface area contributed by atoms with Crippen molar-refractivity contribution >= 4 is 17.7 Å². The highest BCUT2D eigenvalue weighted by Gasteiger charge is 2.14. The van der Waals surface area contributed by atoms with E-state index in [0.29, 0.717) is 6.54 Å². The molecule has 0 fully saturated rings. The first kappa shape index (κ1) is 7.83. The molecule has 0 bridgehead atoms. The topological polar surface area (TPSA) is 54.7 Å². The van der Waals surface area contributed by atoms with E-state index in [9.17, 15) is 0 Å². The molecule has 1 aromatic rings. The van der Waals surface area contributed by atoms with E-state index in [1.165, 1.54) is 0 Å². The van der Waals surface area contributed by atoms with Crippen LogP contribution < -0.4 is 5.73 Å². The number of nitrogens with two attached hydrogens (primary N) is 1. The summed E-state index contributed by atoms with van der Waals surface area (Å²) in [5.74, 6) is 0. The van der Waals surface area contributed by atoms with E-state index in [2.05, 4.69) is 10.2 Å². The Labute approximate surface area is 75.6 Å². The molecule has 0 unspecified atom stereocenters. The van der Waals surface area contributed by atoms with Crippen LogP contribution in [0.1, 0.15) is 23.4 Å². The zero-order chi connectivity index (χ0) is 8.55. The van der Waals surface area contributed by atoms with Crippen LogP contribution in [0.15, 0.2) is 5.03 Å². The van der Waals surface area contributed by atoms with Gasteiger partial charge in [0.25, 0.3) is 0 Å². The van der Waals surface area contributed by atoms with Crippen LogP contribution in [0.25, 0.3) is 6.08 Å². The standard InChI is InChI=1S/C8H10ClN3/c9-5-1-2-7-6(3-5)8(4-10)12-11-7/h3H,1-2,4,10H2,(H,11,12). The Bertz CT molecular complexity index is 327. The number of nitrogens with zero attached hydrogens (tertiary/aromatic N) is 1. The number of nitrogens with one attached hydrogen (secondary N) is 1. The van der Waals surface area contributed by atoms with Crippen LogP contribution in [-0.4, -0.2) is 10.2 Å². The van der Waals surface area contributed by atoms with Crippen LogP contribution in [-0.2, 0) is 13.0 Å². The second-order valence-corrected chi connectivity index (χ2v) is 3.34. The van der Waals surface area contributed by atoms with E-state index < -0.39 is 0 Å². The number of rotatable bonds is 1. The van der Waals surface area contributed by atoms with E-state index in [4.69, 9.17) is 17.3 Å². The van der Waals surface area contributed by atoms with Gasteiger partial charge in [-0.3, -0.25) is 5.10 Å². The van der Waals surface area contributed by atoms with Crippen LogP contribution in [0.5, 0.6) is 0 Å². The second kappa shape index (κ2) is 2.92. The fraction of sp³-hybridized carbons (Fsp3) is 0.375. The zero-order valence-corrected chi connectivity index (χ0v) is 7.36. The van der Waals surface area contributed by atoms with Gasteiger partial charge in [-0.25, -0.2) is 0 Å². The molecule has 1 heterocycles. The minimum Gasteiger partial charge on any atom is -0.325 e. The largest absolute Gasteiger partial charge is 0.325 e. The predicted octanol–water partition coefficient (Wildman–Crippen LogP) is 1.39. The van der Waals surface area contributed by atoms with E-state index >= 15 is 0 Å². The number of aromatic nitrogens is 2. The molecule has 0 spiro atoms. The lowest BCUT2D eigenvalue weighted by molar-refractivity contribution is 0.888. The predicted molar refractivity (Wildman–Crippen MR) is 48.6 cm³/mol. The molecule has 4 heteroatoms. The molecule has 2 rings (SSSR count). The number of hydrogen-bond donors (Lipinski definition) is 2. The summed E-state index contributed by atoms with van der Waals surface area (Å²) >= 11 is 5.91. The van der Waals surface area contributed by atoms with Crippen molar-refractivity contribution < 1.29 is 0 Å². The highest BCUT2D eigenvalue weighted by Crippen LogP contribution is 2.26. The van der Waals surface area contributed by atoms with Gasteiger partial charge >= 0.3 is 0 Å². The van der Waals surface area contributed by atoms with Gasteiger partial charge in [-0.05, 0) is 18.9 Å². The Morgan fingerprint density at radius 3 is 3.17 bits per heavy atom. The maximum absolute atomic E-state index is 5.91. The lowest BCUT2D eigenvalue weighted by atomic mass is 10.0. The van der Waals surface area contributed by atoms with E-state index in [1.54, 1.807) is 0 Å². The van der Waals surface area contributed by atoms with E-state index in [-0.39, 0.29) is 0 Å². The summed E-state index contributed by atoms with van der Waals surface area (Å²) in [5, 5.41) is 7.95. The van der Waals surface area contributed by atoms with Crippen LogP contribution in [0.2, 0.25) is 0 Å². The number of aromatic amines is 1. The van der Waals surface area contributed by atoms with E-state index in [0.717, 1.165) is 34.8 Å². The highest BCUT2D eigenvalue weighted by molar-refractivity contribution is 6.31. The Balaban J connectivity index is 2.49. The normalized spacial score (nSPS) is 15.7. The number of H-pyrrole nitrogens is 1. The number of allylic oxidation sites excluding steroid dienone is 1. The minimum atomic E-state index is 0.465. The Kier molecular flexibility index (Phi) is 1.90. The summed E-state index contributed by atoms with van der Waals surface area (Å²) in [5.41, 5.74) is 8.66. The van der Waals surface area contributed by atoms with Crippen molar-refractivity contribution in [3.8, 4) is 0 Å². The number of aryl methyl sites for hydroxylation is 1. The lowest BCUT2D eigenvalue weighted by Crippen LogP contribution is -2.01. The van der Waals surface area contributed by atoms with Gasteiger partial charge in [0.05, 0.1) is 5.69 Å². The van der Waals surface area contributed by atoms with Crippen LogP contribution >= 0.6 is 11.6 Å². The molecule has 0 saturated carbocycles. The van der Waals surface area contributed by atoms with Gasteiger partial charge in [-0.2, -0.15) is 5.10 Å². The Morgan fingerprint density at radius 2 is 2.42 bits per heavy atom. The minimum absolute atomic E-state index is 0.465. The number of halogens is 1. The average molecular weight is 184 g/mol. The van der Waals surface area contributed by atoms with Crippen molar-refractivity contribution in [2.24, 2.45) is 5.73 Å². The molecular formula is C8H10ClN3. The van der Waals surface area contributed by atoms with Crippen molar-refractivity contribution in [3.05, 3.63) is 22.0 Å². The molecule has 0 aromatic carbocycles. The van der Waals surface area contributed by atoms with Crippen molar-refractivity contribution in [2.75, 3.05) is 0 Å². The van der Waals surface area contributed by atoms with Gasteiger partial charge in [0.2, 0.25) is 0 Å². The van der Waals surface area contributed by atoms with Gasteiger partial charge in [0, 0.05) is 22.8 Å². The molecule has 0 radical (unpaired) electrons. The van der Waals surface area contributed by atoms with Gasteiger partial charge in [-0.1, -0.05) is 11.6 Å². The molecular weight excluding hydrogens is 174 g/mol. The average Bonchev–Trinajstić information content (AvgIpc) is 2.46. The molecule has 1 aromatic heterocycles. The summed E-state index contributed by atoms with van der Waals surface area (Å²) in [4.78, 5) is 0. The van der Waals surface area contributed by atoms with Crippen molar-refractivity contribution in [1.29, 1.82) is 0 Å². The lowest BCUT2D eigenvalue weighted by Gasteiger charge is -2.07. The Morgan fingerprint density at radius 1 is 1.58 bits per heavy atom. The molecule has 1 aliphatic carbocycles. The fourth-order valence-electron chi connectivity index (χ4n) is 1.42. The highest BCUT2D eigenvalue weighted by atomic mass is 35.5. The van der Waals surface area contributed by atoms with Crippen LogP contribution in [0.4, 0.5) is 0 Å². The van der Waals surface area contributed by atoms with Gasteiger partial charge in [0.15, 0.2) is 0 Å². The van der Waals surface area contributed by atoms with Crippen LogP contribution in [0, 0.1) is 0 Å². The van der Waals surface area contributed by atoms with Gasteiger partial charge in [-0.15, -0.1) is 0 Å². The first-order valence-electron chi connectivity index (χ1n) is 3.93. The number of hydrogen-bond acceptors (Lipinski definition) is 2. The second-order valence-electron chi connectivity index (χ2n) is 2.86. The molecule has 3 nitrogen and oxygen atoms in total. The summed E-state index contributed by atoms with van der Waals surface area (Å²) < 4.78 is 0. The molecule has 3 N–H and O–H groups in total. The molecule has 12 heavy (non-hydrogen) atoms. The third kappa shape index (κ3) is 1.15. The quantitative estimate of drug-likeness (QED) is 0.692. The maximum Gasteiger partial charge on any atom is 0.0833 e. The first-order valence-corrected chi connectivity index (χ1v) is 4.31. The Hall–Kier alpha value is -0.800. The molecule has 0 atom stereocenters. The molecule has 0 saturated heterocycles. The summed E-state index contributed by atoms with van der Waals surface area (Å²) in [6.45, 7) is 0.465. The van der Waals surface area contributed by atoms with Crippen molar-refractivity contribution in [2.45, 2.75) is 19.4 Å². The van der Waals surface area contributed by atoms with Crippen molar-refractivity contribution in [1.82, 2.24) is 10.2 Å². The van der Waals surface area contributed by atoms with Crippen LogP contribution in [0.3, 0.4) is 0 Å². The third-order valence-corrected chi connectivity index (χ3v) is 2.37. The molecule has 64 valence electrons. The SMILES string of the molecule is NCc1n[nH]c2c1C=C(Cl)CC2. The summed E-state index contributed by atoms with van der Waals surface area (Å²) in [6.07, 6.45) is 3.80. The maximum atomic E-state index is 5.91. The fourth-order valence-corrected chi connectivity index (χ4v) is 1.62. The molecule has 0 aliphatic heterocycles. The summed E-state index contributed by atoms with van der Waals surface area (Å²) in [7, 11) is 0. The van der Waals surface area contributed by atoms with Gasteiger partial charge in [0.1, 0.15) is 0 Å². The van der Waals surface area contributed by atoms with Gasteiger partial charge < -0.3 is 5.73 Å². The monoisotopic (exact) mass is 183 g/mol. The first-order chi connectivity index (χ1) is 5.81. The van der Waals surface area contributed by atoms with E-state index in [1.807, 2.05) is 6.08 Å². The van der Waals surface area contributed by atoms with Crippen molar-refractivity contribution in [3.63, 3.8) is 0 Å². The molecule has 0 amide bonds. The summed E-state index contributed by atoms with van der Waals surface area (Å²) in [6, 6.07) is 0.